The summed E-state index contributed by atoms with van der Waals surface area (Å²) in [6, 6.07) is -0.0313. The zero-order valence-electron chi connectivity index (χ0n) is 9.99. The first-order valence-electron chi connectivity index (χ1n) is 6.53. The average Bonchev–Trinajstić information content (AvgIpc) is 2.35. The molecule has 1 heterocycles. The van der Waals surface area contributed by atoms with Crippen LogP contribution in [0.25, 0.3) is 0 Å². The minimum atomic E-state index is -0.391. The number of rotatable bonds is 2. The molecule has 2 fully saturated rings. The lowest BCUT2D eigenvalue weighted by Gasteiger charge is -2.42. The molecule has 1 aliphatic carbocycles. The second kappa shape index (κ2) is 6.07. The summed E-state index contributed by atoms with van der Waals surface area (Å²) in [6.07, 6.45) is 3.26. The Morgan fingerprint density at radius 1 is 1.12 bits per heavy atom. The Labute approximate surface area is 113 Å². The van der Waals surface area contributed by atoms with Gasteiger partial charge in [-0.1, -0.05) is 0 Å². The highest BCUT2D eigenvalue weighted by atomic mass is 35.5. The van der Waals surface area contributed by atoms with Crippen molar-refractivity contribution in [2.45, 2.75) is 48.6 Å². The van der Waals surface area contributed by atoms with Crippen LogP contribution in [0.4, 0.5) is 0 Å². The molecule has 3 nitrogen and oxygen atoms in total. The van der Waals surface area contributed by atoms with Crippen molar-refractivity contribution in [1.82, 2.24) is 5.32 Å². The predicted molar refractivity (Wildman–Crippen MR) is 71.6 cm³/mol. The van der Waals surface area contributed by atoms with Crippen molar-refractivity contribution in [2.75, 3.05) is 13.1 Å². The topological polar surface area (TPSA) is 58.3 Å². The number of nitrogens with two attached hydrogens (primary N) is 1. The maximum atomic E-state index is 10.1. The first-order valence-corrected chi connectivity index (χ1v) is 7.41. The Bertz CT molecular complexity index is 249. The van der Waals surface area contributed by atoms with Gasteiger partial charge in [-0.05, 0) is 44.7 Å². The van der Waals surface area contributed by atoms with E-state index in [-0.39, 0.29) is 22.7 Å². The molecule has 5 heteroatoms. The number of hydrogen-bond acceptors (Lipinski definition) is 3. The van der Waals surface area contributed by atoms with Gasteiger partial charge in [0.1, 0.15) is 0 Å². The lowest BCUT2D eigenvalue weighted by atomic mass is 9.74. The average molecular weight is 281 g/mol. The van der Waals surface area contributed by atoms with Crippen LogP contribution in [0.1, 0.15) is 25.7 Å². The van der Waals surface area contributed by atoms with Gasteiger partial charge in [0.2, 0.25) is 0 Å². The minimum Gasteiger partial charge on any atom is -0.393 e. The summed E-state index contributed by atoms with van der Waals surface area (Å²) in [5.41, 5.74) is 6.34. The molecular formula is C12H22Cl2N2O. The molecule has 0 radical (unpaired) electrons. The van der Waals surface area contributed by atoms with Crippen LogP contribution in [0.5, 0.6) is 0 Å². The predicted octanol–water partition coefficient (Wildman–Crippen LogP) is 1.30. The fraction of sp³-hybridized carbons (Fsp3) is 1.00. The summed E-state index contributed by atoms with van der Waals surface area (Å²) in [5.74, 6) is 0.398. The van der Waals surface area contributed by atoms with E-state index >= 15 is 0 Å². The van der Waals surface area contributed by atoms with Crippen molar-refractivity contribution in [3.63, 3.8) is 0 Å². The molecule has 5 unspecified atom stereocenters. The highest BCUT2D eigenvalue weighted by Gasteiger charge is 2.42. The van der Waals surface area contributed by atoms with Gasteiger partial charge in [0.15, 0.2) is 0 Å². The fourth-order valence-corrected chi connectivity index (χ4v) is 3.90. The van der Waals surface area contributed by atoms with E-state index in [1.54, 1.807) is 0 Å². The van der Waals surface area contributed by atoms with Crippen LogP contribution in [0.2, 0.25) is 0 Å². The van der Waals surface area contributed by atoms with Gasteiger partial charge in [-0.25, -0.2) is 0 Å². The second-order valence-corrected chi connectivity index (χ2v) is 6.41. The van der Waals surface area contributed by atoms with E-state index in [0.717, 1.165) is 38.8 Å². The van der Waals surface area contributed by atoms with Crippen LogP contribution in [-0.4, -0.2) is 41.1 Å². The Kier molecular flexibility index (Phi) is 4.96. The molecule has 1 saturated heterocycles. The summed E-state index contributed by atoms with van der Waals surface area (Å²) in [4.78, 5) is 0. The molecule has 17 heavy (non-hydrogen) atoms. The van der Waals surface area contributed by atoms with Gasteiger partial charge in [-0.3, -0.25) is 0 Å². The third-order valence-corrected chi connectivity index (χ3v) is 5.48. The molecule has 5 atom stereocenters. The first-order chi connectivity index (χ1) is 8.11. The van der Waals surface area contributed by atoms with Crippen molar-refractivity contribution in [3.05, 3.63) is 0 Å². The molecule has 2 aliphatic rings. The largest absolute Gasteiger partial charge is 0.393 e. The highest BCUT2D eigenvalue weighted by Crippen LogP contribution is 2.37. The normalized spacial score (nSPS) is 42.4. The molecular weight excluding hydrogens is 259 g/mol. The van der Waals surface area contributed by atoms with E-state index in [1.165, 1.54) is 0 Å². The molecule has 0 amide bonds. The van der Waals surface area contributed by atoms with E-state index in [4.69, 9.17) is 28.9 Å². The Hall–Kier alpha value is 0.460. The number of piperidine rings is 1. The molecule has 0 aromatic carbocycles. The molecule has 2 rings (SSSR count). The smallest absolute Gasteiger partial charge is 0.0598 e. The van der Waals surface area contributed by atoms with Crippen LogP contribution in [0.15, 0.2) is 0 Å². The first kappa shape index (κ1) is 13.9. The zero-order valence-corrected chi connectivity index (χ0v) is 11.5. The number of aliphatic hydroxyl groups excluding tert-OH is 1. The van der Waals surface area contributed by atoms with Crippen LogP contribution in [0.3, 0.4) is 0 Å². The van der Waals surface area contributed by atoms with Crippen LogP contribution < -0.4 is 11.1 Å². The van der Waals surface area contributed by atoms with Gasteiger partial charge in [0.25, 0.3) is 0 Å². The van der Waals surface area contributed by atoms with Gasteiger partial charge < -0.3 is 16.2 Å². The number of alkyl halides is 2. The monoisotopic (exact) mass is 280 g/mol. The maximum Gasteiger partial charge on any atom is 0.0598 e. The Morgan fingerprint density at radius 3 is 2.41 bits per heavy atom. The molecule has 1 aliphatic heterocycles. The third kappa shape index (κ3) is 3.07. The van der Waals surface area contributed by atoms with Crippen LogP contribution >= 0.6 is 23.2 Å². The summed E-state index contributed by atoms with van der Waals surface area (Å²) in [7, 11) is 0. The summed E-state index contributed by atoms with van der Waals surface area (Å²) >= 11 is 12.6. The molecule has 0 spiro atoms. The molecule has 0 aromatic heterocycles. The molecule has 0 bridgehead atoms. The van der Waals surface area contributed by atoms with E-state index in [9.17, 15) is 5.11 Å². The van der Waals surface area contributed by atoms with E-state index in [0.29, 0.717) is 5.92 Å². The van der Waals surface area contributed by atoms with Crippen molar-refractivity contribution >= 4 is 23.2 Å². The number of hydrogen-bond donors (Lipinski definition) is 3. The minimum absolute atomic E-state index is 0.0313. The number of aliphatic hydroxyl groups is 1. The Balaban J connectivity index is 2.02. The fourth-order valence-electron chi connectivity index (χ4n) is 3.15. The van der Waals surface area contributed by atoms with Crippen molar-refractivity contribution in [3.8, 4) is 0 Å². The maximum absolute atomic E-state index is 10.1. The molecule has 100 valence electrons. The number of halogens is 2. The van der Waals surface area contributed by atoms with Gasteiger partial charge in [0.05, 0.1) is 16.9 Å². The van der Waals surface area contributed by atoms with Gasteiger partial charge in [-0.15, -0.1) is 23.2 Å². The van der Waals surface area contributed by atoms with E-state index in [1.807, 2.05) is 0 Å². The van der Waals surface area contributed by atoms with Crippen molar-refractivity contribution < 1.29 is 5.11 Å². The van der Waals surface area contributed by atoms with E-state index in [2.05, 4.69) is 5.32 Å². The van der Waals surface area contributed by atoms with E-state index < -0.39 is 6.10 Å². The SMILES string of the molecule is NC(C1CCNCC1)C1C(O)CCC(Cl)C1Cl. The van der Waals surface area contributed by atoms with Crippen LogP contribution in [0, 0.1) is 11.8 Å². The molecule has 0 aromatic rings. The quantitative estimate of drug-likeness (QED) is 0.669. The van der Waals surface area contributed by atoms with Gasteiger partial charge >= 0.3 is 0 Å². The standard InChI is InChI=1S/C12H22Cl2N2O/c13-8-1-2-9(17)10(11(8)14)12(15)7-3-5-16-6-4-7/h7-12,16-17H,1-6,15H2. The zero-order chi connectivity index (χ0) is 12.4. The summed E-state index contributed by atoms with van der Waals surface area (Å²) < 4.78 is 0. The Morgan fingerprint density at radius 2 is 1.76 bits per heavy atom. The van der Waals surface area contributed by atoms with Gasteiger partial charge in [-0.2, -0.15) is 0 Å². The summed E-state index contributed by atoms with van der Waals surface area (Å²) in [5, 5.41) is 13.2. The lowest BCUT2D eigenvalue weighted by Crippen LogP contribution is -2.53. The number of nitrogens with one attached hydrogen (secondary N) is 1. The highest BCUT2D eigenvalue weighted by molar-refractivity contribution is 6.30. The van der Waals surface area contributed by atoms with Crippen LogP contribution in [-0.2, 0) is 0 Å². The summed E-state index contributed by atoms with van der Waals surface area (Å²) in [6.45, 7) is 2.02. The van der Waals surface area contributed by atoms with Gasteiger partial charge in [0, 0.05) is 12.0 Å². The lowest BCUT2D eigenvalue weighted by molar-refractivity contribution is 0.0438. The molecule has 1 saturated carbocycles. The second-order valence-electron chi connectivity index (χ2n) is 5.35. The van der Waals surface area contributed by atoms with Crippen molar-refractivity contribution in [2.24, 2.45) is 17.6 Å². The third-order valence-electron chi connectivity index (χ3n) is 4.27. The van der Waals surface area contributed by atoms with Crippen molar-refractivity contribution in [1.29, 1.82) is 0 Å². The molecule has 4 N–H and O–H groups in total.